The van der Waals surface area contributed by atoms with Gasteiger partial charge in [-0.05, 0) is 37.2 Å². The third-order valence-corrected chi connectivity index (χ3v) is 3.51. The Morgan fingerprint density at radius 1 is 1.43 bits per heavy atom. The Hall–Kier alpha value is -0.580. The normalized spacial score (nSPS) is 11.6. The van der Waals surface area contributed by atoms with Crippen LogP contribution >= 0.6 is 11.6 Å². The zero-order valence-electron chi connectivity index (χ0n) is 8.04. The van der Waals surface area contributed by atoms with E-state index in [-0.39, 0.29) is 5.75 Å². The summed E-state index contributed by atoms with van der Waals surface area (Å²) in [5.41, 5.74) is 1.65. The van der Waals surface area contributed by atoms with Gasteiger partial charge in [-0.25, -0.2) is 13.1 Å². The lowest BCUT2D eigenvalue weighted by atomic mass is 10.1. The molecule has 1 rings (SSSR count). The number of nitrogens with one attached hydrogen (secondary N) is 1. The summed E-state index contributed by atoms with van der Waals surface area (Å²) >= 11 is 5.76. The van der Waals surface area contributed by atoms with Crippen LogP contribution in [0.2, 0.25) is 5.02 Å². The van der Waals surface area contributed by atoms with Crippen LogP contribution in [0.15, 0.2) is 18.2 Å². The second-order valence-electron chi connectivity index (χ2n) is 3.03. The fourth-order valence-electron chi connectivity index (χ4n) is 1.10. The highest BCUT2D eigenvalue weighted by Gasteiger charge is 2.10. The lowest BCUT2D eigenvalue weighted by Crippen LogP contribution is -2.20. The topological polar surface area (TPSA) is 46.2 Å². The van der Waals surface area contributed by atoms with Crippen molar-refractivity contribution in [3.05, 3.63) is 34.3 Å². The maximum atomic E-state index is 11.3. The van der Waals surface area contributed by atoms with Crippen molar-refractivity contribution in [1.29, 1.82) is 0 Å². The predicted octanol–water partition coefficient (Wildman–Crippen LogP) is 1.70. The van der Waals surface area contributed by atoms with Crippen LogP contribution in [0.5, 0.6) is 0 Å². The standard InChI is InChI=1S/C9H12ClNO2S/c1-7-5-9(10)4-3-8(7)6-14(12,13)11-2/h3-5,11H,6H2,1-2H3. The van der Waals surface area contributed by atoms with E-state index in [4.69, 9.17) is 11.6 Å². The summed E-state index contributed by atoms with van der Waals surface area (Å²) in [6.45, 7) is 1.84. The van der Waals surface area contributed by atoms with Crippen LogP contribution in [0, 0.1) is 6.92 Å². The van der Waals surface area contributed by atoms with Gasteiger partial charge in [0, 0.05) is 5.02 Å². The molecule has 14 heavy (non-hydrogen) atoms. The van der Waals surface area contributed by atoms with E-state index in [2.05, 4.69) is 4.72 Å². The summed E-state index contributed by atoms with van der Waals surface area (Å²) < 4.78 is 24.8. The first-order chi connectivity index (χ1) is 6.44. The molecular weight excluding hydrogens is 222 g/mol. The molecular formula is C9H12ClNO2S. The molecule has 1 aromatic carbocycles. The molecule has 0 aliphatic carbocycles. The zero-order valence-corrected chi connectivity index (χ0v) is 9.61. The smallest absolute Gasteiger partial charge is 0.215 e. The van der Waals surface area contributed by atoms with Crippen molar-refractivity contribution >= 4 is 21.6 Å². The molecule has 0 saturated carbocycles. The van der Waals surface area contributed by atoms with E-state index in [0.717, 1.165) is 11.1 Å². The first kappa shape index (κ1) is 11.5. The van der Waals surface area contributed by atoms with Gasteiger partial charge in [0.05, 0.1) is 5.75 Å². The van der Waals surface area contributed by atoms with Crippen molar-refractivity contribution in [2.24, 2.45) is 0 Å². The minimum absolute atomic E-state index is 0.00744. The highest BCUT2D eigenvalue weighted by atomic mass is 35.5. The number of sulfonamides is 1. The molecule has 0 unspecified atom stereocenters. The number of hydrogen-bond acceptors (Lipinski definition) is 2. The minimum Gasteiger partial charge on any atom is -0.218 e. The van der Waals surface area contributed by atoms with Crippen LogP contribution in [-0.2, 0) is 15.8 Å². The summed E-state index contributed by atoms with van der Waals surface area (Å²) in [5.74, 6) is -0.00744. The molecule has 1 aromatic rings. The van der Waals surface area contributed by atoms with Gasteiger partial charge < -0.3 is 0 Å². The fourth-order valence-corrected chi connectivity index (χ4v) is 2.20. The third-order valence-electron chi connectivity index (χ3n) is 1.96. The van der Waals surface area contributed by atoms with Crippen LogP contribution < -0.4 is 4.72 Å². The summed E-state index contributed by atoms with van der Waals surface area (Å²) in [7, 11) is -1.80. The number of halogens is 1. The molecule has 0 radical (unpaired) electrons. The molecule has 0 fully saturated rings. The van der Waals surface area contributed by atoms with Gasteiger partial charge in [-0.15, -0.1) is 0 Å². The largest absolute Gasteiger partial charge is 0.218 e. The van der Waals surface area contributed by atoms with Crippen molar-refractivity contribution < 1.29 is 8.42 Å². The van der Waals surface area contributed by atoms with Gasteiger partial charge >= 0.3 is 0 Å². The summed E-state index contributed by atoms with van der Waals surface area (Å²) in [6.07, 6.45) is 0. The molecule has 0 atom stereocenters. The number of benzene rings is 1. The average Bonchev–Trinajstić information content (AvgIpc) is 2.10. The number of rotatable bonds is 3. The predicted molar refractivity (Wildman–Crippen MR) is 57.9 cm³/mol. The van der Waals surface area contributed by atoms with Gasteiger partial charge in [0.2, 0.25) is 10.0 Å². The maximum Gasteiger partial charge on any atom is 0.215 e. The van der Waals surface area contributed by atoms with E-state index >= 15 is 0 Å². The second-order valence-corrected chi connectivity index (χ2v) is 5.40. The van der Waals surface area contributed by atoms with Crippen molar-refractivity contribution in [3.63, 3.8) is 0 Å². The Labute approximate surface area is 89.1 Å². The van der Waals surface area contributed by atoms with Gasteiger partial charge in [0.1, 0.15) is 0 Å². The van der Waals surface area contributed by atoms with Gasteiger partial charge in [-0.1, -0.05) is 17.7 Å². The quantitative estimate of drug-likeness (QED) is 0.864. The first-order valence-electron chi connectivity index (χ1n) is 4.11. The average molecular weight is 234 g/mol. The maximum absolute atomic E-state index is 11.3. The number of hydrogen-bond donors (Lipinski definition) is 1. The van der Waals surface area contributed by atoms with Gasteiger partial charge in [-0.2, -0.15) is 0 Å². The Kier molecular flexibility index (Phi) is 3.53. The second kappa shape index (κ2) is 4.29. The summed E-state index contributed by atoms with van der Waals surface area (Å²) in [6, 6.07) is 5.17. The summed E-state index contributed by atoms with van der Waals surface area (Å²) in [4.78, 5) is 0. The zero-order chi connectivity index (χ0) is 10.8. The number of aryl methyl sites for hydroxylation is 1. The Balaban J connectivity index is 2.99. The van der Waals surface area contributed by atoms with Crippen LogP contribution in [0.1, 0.15) is 11.1 Å². The first-order valence-corrected chi connectivity index (χ1v) is 6.14. The van der Waals surface area contributed by atoms with Crippen LogP contribution in [0.3, 0.4) is 0 Å². The molecule has 0 aromatic heterocycles. The molecule has 0 saturated heterocycles. The van der Waals surface area contributed by atoms with E-state index in [9.17, 15) is 8.42 Å². The molecule has 0 bridgehead atoms. The highest BCUT2D eigenvalue weighted by molar-refractivity contribution is 7.88. The minimum atomic E-state index is -3.20. The summed E-state index contributed by atoms with van der Waals surface area (Å²) in [5, 5.41) is 0.619. The van der Waals surface area contributed by atoms with Crippen molar-refractivity contribution in [2.45, 2.75) is 12.7 Å². The SMILES string of the molecule is CNS(=O)(=O)Cc1ccc(Cl)cc1C. The molecule has 1 N–H and O–H groups in total. The molecule has 0 amide bonds. The monoisotopic (exact) mass is 233 g/mol. The third kappa shape index (κ3) is 2.97. The molecule has 0 heterocycles. The molecule has 5 heteroatoms. The van der Waals surface area contributed by atoms with Crippen LogP contribution in [-0.4, -0.2) is 15.5 Å². The lowest BCUT2D eigenvalue weighted by Gasteiger charge is -2.06. The Morgan fingerprint density at radius 2 is 2.07 bits per heavy atom. The molecule has 3 nitrogen and oxygen atoms in total. The Bertz CT molecular complexity index is 428. The van der Waals surface area contributed by atoms with Crippen molar-refractivity contribution in [2.75, 3.05) is 7.05 Å². The Morgan fingerprint density at radius 3 is 2.57 bits per heavy atom. The van der Waals surface area contributed by atoms with Crippen LogP contribution in [0.4, 0.5) is 0 Å². The lowest BCUT2D eigenvalue weighted by molar-refractivity contribution is 0.587. The molecule has 0 spiro atoms. The van der Waals surface area contributed by atoms with Gasteiger partial charge in [0.15, 0.2) is 0 Å². The van der Waals surface area contributed by atoms with Crippen LogP contribution in [0.25, 0.3) is 0 Å². The van der Waals surface area contributed by atoms with Gasteiger partial charge in [-0.3, -0.25) is 0 Å². The van der Waals surface area contributed by atoms with E-state index in [1.165, 1.54) is 7.05 Å². The molecule has 78 valence electrons. The van der Waals surface area contributed by atoms with E-state index in [1.54, 1.807) is 18.2 Å². The van der Waals surface area contributed by atoms with E-state index < -0.39 is 10.0 Å². The van der Waals surface area contributed by atoms with Gasteiger partial charge in [0.25, 0.3) is 0 Å². The van der Waals surface area contributed by atoms with E-state index in [0.29, 0.717) is 5.02 Å². The van der Waals surface area contributed by atoms with Crippen molar-refractivity contribution in [3.8, 4) is 0 Å². The molecule has 0 aliphatic heterocycles. The highest BCUT2D eigenvalue weighted by Crippen LogP contribution is 2.16. The van der Waals surface area contributed by atoms with E-state index in [1.807, 2.05) is 6.92 Å². The van der Waals surface area contributed by atoms with Crippen molar-refractivity contribution in [1.82, 2.24) is 4.72 Å². The molecule has 0 aliphatic rings. The fraction of sp³-hybridized carbons (Fsp3) is 0.333.